The normalized spacial score (nSPS) is 25.9. The zero-order valence-corrected chi connectivity index (χ0v) is 15.9. The lowest BCUT2D eigenvalue weighted by Crippen LogP contribution is -2.77. The van der Waals surface area contributed by atoms with Crippen LogP contribution in [0, 0.1) is 23.0 Å². The van der Waals surface area contributed by atoms with Crippen LogP contribution in [-0.4, -0.2) is 17.4 Å². The maximum atomic E-state index is 13.5. The number of rotatable bonds is 5. The molecular formula is C21H19ClF2N2O2. The highest BCUT2D eigenvalue weighted by molar-refractivity contribution is 6.31. The minimum Gasteiger partial charge on any atom is -0.347 e. The molecule has 2 amide bonds. The largest absolute Gasteiger partial charge is 0.347 e. The Hall–Kier alpha value is -2.47. The number of benzene rings is 2. The van der Waals surface area contributed by atoms with Crippen molar-refractivity contribution in [1.29, 1.82) is 0 Å². The summed E-state index contributed by atoms with van der Waals surface area (Å²) in [6.45, 7) is 1.87. The van der Waals surface area contributed by atoms with Crippen molar-refractivity contribution in [3.8, 4) is 0 Å². The molecule has 0 aromatic heterocycles. The Morgan fingerprint density at radius 2 is 1.68 bits per heavy atom. The molecule has 0 aliphatic heterocycles. The number of nitrogens with one attached hydrogen (secondary N) is 2. The van der Waals surface area contributed by atoms with Gasteiger partial charge in [0.25, 0.3) is 5.91 Å². The highest BCUT2D eigenvalue weighted by atomic mass is 35.5. The average molecular weight is 405 g/mol. The third-order valence-electron chi connectivity index (χ3n) is 6.00. The molecule has 3 saturated carbocycles. The molecule has 0 radical (unpaired) electrons. The Morgan fingerprint density at radius 1 is 1.04 bits per heavy atom. The average Bonchev–Trinajstić information content (AvgIpc) is 2.57. The minimum absolute atomic E-state index is 0.122. The van der Waals surface area contributed by atoms with Crippen LogP contribution in [0.5, 0.6) is 0 Å². The first-order chi connectivity index (χ1) is 13.2. The van der Waals surface area contributed by atoms with Gasteiger partial charge in [-0.2, -0.15) is 0 Å². The fraction of sp³-hybridized carbons (Fsp3) is 0.333. The summed E-state index contributed by atoms with van der Waals surface area (Å²) in [7, 11) is 0. The zero-order valence-electron chi connectivity index (χ0n) is 15.2. The van der Waals surface area contributed by atoms with Crippen LogP contribution < -0.4 is 10.6 Å². The van der Waals surface area contributed by atoms with Crippen LogP contribution >= 0.6 is 11.6 Å². The summed E-state index contributed by atoms with van der Waals surface area (Å²) in [5.41, 5.74) is 0.263. The van der Waals surface area contributed by atoms with E-state index in [9.17, 15) is 18.4 Å². The van der Waals surface area contributed by atoms with Crippen molar-refractivity contribution in [3.05, 3.63) is 64.7 Å². The van der Waals surface area contributed by atoms with E-state index in [1.54, 1.807) is 0 Å². The molecule has 2 aromatic rings. The van der Waals surface area contributed by atoms with E-state index < -0.39 is 5.82 Å². The molecule has 4 nitrogen and oxygen atoms in total. The molecule has 3 fully saturated rings. The lowest BCUT2D eigenvalue weighted by molar-refractivity contribution is -0.184. The molecule has 0 saturated heterocycles. The van der Waals surface area contributed by atoms with Crippen molar-refractivity contribution < 1.29 is 18.4 Å². The SMILES string of the molecule is C[C@H](C(=O)Nc1ccc(F)cc1)C12CC(NC(=O)c3cc(F)cc(Cl)c3)(C1)C2. The summed E-state index contributed by atoms with van der Waals surface area (Å²) in [5.74, 6) is -1.64. The van der Waals surface area contributed by atoms with Crippen LogP contribution in [0.15, 0.2) is 42.5 Å². The Bertz CT molecular complexity index is 921. The van der Waals surface area contributed by atoms with Crippen molar-refractivity contribution in [3.63, 3.8) is 0 Å². The predicted molar refractivity (Wildman–Crippen MR) is 102 cm³/mol. The molecule has 28 heavy (non-hydrogen) atoms. The van der Waals surface area contributed by atoms with Gasteiger partial charge >= 0.3 is 0 Å². The first kappa shape index (κ1) is 18.9. The van der Waals surface area contributed by atoms with Crippen molar-refractivity contribution >= 4 is 29.1 Å². The second kappa shape index (κ2) is 6.55. The Labute approximate surface area is 166 Å². The van der Waals surface area contributed by atoms with E-state index in [0.29, 0.717) is 24.9 Å². The van der Waals surface area contributed by atoms with Gasteiger partial charge in [-0.05, 0) is 67.1 Å². The van der Waals surface area contributed by atoms with Gasteiger partial charge in [0.15, 0.2) is 0 Å². The molecule has 0 spiro atoms. The van der Waals surface area contributed by atoms with E-state index in [1.807, 2.05) is 6.92 Å². The van der Waals surface area contributed by atoms with Crippen LogP contribution in [0.2, 0.25) is 5.02 Å². The van der Waals surface area contributed by atoms with Gasteiger partial charge in [0.2, 0.25) is 5.91 Å². The van der Waals surface area contributed by atoms with Gasteiger partial charge in [-0.3, -0.25) is 9.59 Å². The topological polar surface area (TPSA) is 58.2 Å². The fourth-order valence-corrected chi connectivity index (χ4v) is 4.74. The van der Waals surface area contributed by atoms with Gasteiger partial charge in [-0.15, -0.1) is 0 Å². The van der Waals surface area contributed by atoms with Gasteiger partial charge in [0.1, 0.15) is 11.6 Å². The highest BCUT2D eigenvalue weighted by Crippen LogP contribution is 2.70. The third-order valence-corrected chi connectivity index (χ3v) is 6.22. The second-order valence-electron chi connectivity index (χ2n) is 8.00. The number of hydrogen-bond acceptors (Lipinski definition) is 2. The first-order valence-corrected chi connectivity index (χ1v) is 9.43. The maximum Gasteiger partial charge on any atom is 0.251 e. The number of hydrogen-bond donors (Lipinski definition) is 2. The number of anilines is 1. The number of halogens is 3. The summed E-state index contributed by atoms with van der Waals surface area (Å²) in [4.78, 5) is 24.9. The van der Waals surface area contributed by atoms with Crippen molar-refractivity contribution in [2.75, 3.05) is 5.32 Å². The quantitative estimate of drug-likeness (QED) is 0.768. The predicted octanol–water partition coefficient (Wildman–Crippen LogP) is 4.55. The van der Waals surface area contributed by atoms with Crippen molar-refractivity contribution in [1.82, 2.24) is 5.32 Å². The monoisotopic (exact) mass is 404 g/mol. The number of carbonyl (C=O) groups excluding carboxylic acids is 2. The lowest BCUT2D eigenvalue weighted by Gasteiger charge is -2.72. The molecule has 2 N–H and O–H groups in total. The summed E-state index contributed by atoms with van der Waals surface area (Å²) >= 11 is 5.81. The first-order valence-electron chi connectivity index (χ1n) is 9.05. The third kappa shape index (κ3) is 3.26. The van der Waals surface area contributed by atoms with Crippen LogP contribution in [0.25, 0.3) is 0 Å². The molecular weight excluding hydrogens is 386 g/mol. The van der Waals surface area contributed by atoms with Crippen molar-refractivity contribution in [2.24, 2.45) is 11.3 Å². The molecule has 0 heterocycles. The molecule has 146 valence electrons. The van der Waals surface area contributed by atoms with E-state index >= 15 is 0 Å². The van der Waals surface area contributed by atoms with Crippen LogP contribution in [0.4, 0.5) is 14.5 Å². The minimum atomic E-state index is -0.558. The molecule has 1 atom stereocenters. The molecule has 3 aliphatic carbocycles. The van der Waals surface area contributed by atoms with E-state index in [0.717, 1.165) is 12.1 Å². The molecule has 0 unspecified atom stereocenters. The Morgan fingerprint density at radius 3 is 2.29 bits per heavy atom. The Balaban J connectivity index is 1.34. The number of amides is 2. The second-order valence-corrected chi connectivity index (χ2v) is 8.44. The van der Waals surface area contributed by atoms with E-state index in [2.05, 4.69) is 10.6 Å². The van der Waals surface area contributed by atoms with Gasteiger partial charge in [-0.25, -0.2) is 8.78 Å². The maximum absolute atomic E-state index is 13.5. The Kier molecular flexibility index (Phi) is 4.42. The van der Waals surface area contributed by atoms with Crippen molar-refractivity contribution in [2.45, 2.75) is 31.7 Å². The lowest BCUT2D eigenvalue weighted by atomic mass is 9.36. The van der Waals surface area contributed by atoms with Gasteiger partial charge in [-0.1, -0.05) is 18.5 Å². The standard InChI is InChI=1S/C21H19ClF2N2O2/c1-12(18(27)25-17-4-2-15(23)3-5-17)20-9-21(10-20,11-20)26-19(28)13-6-14(22)8-16(24)7-13/h2-8,12H,9-11H2,1H3,(H,25,27)(H,26,28)/t12-,20?,21?/m1/s1. The van der Waals surface area contributed by atoms with Gasteiger partial charge in [0.05, 0.1) is 0 Å². The van der Waals surface area contributed by atoms with Crippen LogP contribution in [-0.2, 0) is 4.79 Å². The van der Waals surface area contributed by atoms with E-state index in [1.165, 1.54) is 30.3 Å². The van der Waals surface area contributed by atoms with Gasteiger partial charge in [0, 0.05) is 27.7 Å². The summed E-state index contributed by atoms with van der Waals surface area (Å²) in [5, 5.41) is 5.95. The van der Waals surface area contributed by atoms with Crippen LogP contribution in [0.1, 0.15) is 36.5 Å². The summed E-state index contributed by atoms with van der Waals surface area (Å²) in [6, 6.07) is 9.37. The highest BCUT2D eigenvalue weighted by Gasteiger charge is 2.71. The molecule has 2 bridgehead atoms. The molecule has 2 aromatic carbocycles. The van der Waals surface area contributed by atoms with E-state index in [4.69, 9.17) is 11.6 Å². The molecule has 3 aliphatic rings. The van der Waals surface area contributed by atoms with E-state index in [-0.39, 0.29) is 45.1 Å². The molecule has 7 heteroatoms. The summed E-state index contributed by atoms with van der Waals surface area (Å²) in [6.07, 6.45) is 2.10. The summed E-state index contributed by atoms with van der Waals surface area (Å²) < 4.78 is 26.4. The fourth-order valence-electron chi connectivity index (χ4n) is 4.52. The van der Waals surface area contributed by atoms with Crippen LogP contribution in [0.3, 0.4) is 0 Å². The van der Waals surface area contributed by atoms with Gasteiger partial charge < -0.3 is 10.6 Å². The smallest absolute Gasteiger partial charge is 0.251 e. The molecule has 5 rings (SSSR count). The number of carbonyl (C=O) groups is 2. The zero-order chi connectivity index (χ0) is 20.1.